The van der Waals surface area contributed by atoms with Crippen LogP contribution in [0, 0.1) is 10.1 Å². The summed E-state index contributed by atoms with van der Waals surface area (Å²) in [6.07, 6.45) is 2.32. The van der Waals surface area contributed by atoms with Gasteiger partial charge in [0.1, 0.15) is 5.69 Å². The molecule has 2 heterocycles. The van der Waals surface area contributed by atoms with Crippen LogP contribution in [0.3, 0.4) is 0 Å². The molecule has 1 aliphatic rings. The molecule has 0 unspecified atom stereocenters. The van der Waals surface area contributed by atoms with Gasteiger partial charge in [-0.2, -0.15) is 0 Å². The molecule has 5 nitrogen and oxygen atoms in total. The Balaban J connectivity index is 2.41. The van der Waals surface area contributed by atoms with Crippen molar-refractivity contribution in [2.75, 3.05) is 6.54 Å². The highest BCUT2D eigenvalue weighted by atomic mass is 35.5. The van der Waals surface area contributed by atoms with E-state index in [2.05, 4.69) is 10.3 Å². The van der Waals surface area contributed by atoms with E-state index in [1.807, 2.05) is 0 Å². The molecule has 0 amide bonds. The molecule has 0 aliphatic carbocycles. The van der Waals surface area contributed by atoms with Gasteiger partial charge in [0.2, 0.25) is 0 Å². The fourth-order valence-corrected chi connectivity index (χ4v) is 1.53. The lowest BCUT2D eigenvalue weighted by atomic mass is 10.0. The van der Waals surface area contributed by atoms with Crippen LogP contribution in [0.15, 0.2) is 12.3 Å². The summed E-state index contributed by atoms with van der Waals surface area (Å²) in [6.45, 7) is 0.881. The third kappa shape index (κ3) is 1.56. The fourth-order valence-electron chi connectivity index (χ4n) is 1.38. The van der Waals surface area contributed by atoms with Gasteiger partial charge in [-0.25, -0.2) is 0 Å². The minimum atomic E-state index is -0.450. The predicted octanol–water partition coefficient (Wildman–Crippen LogP) is 1.68. The zero-order valence-electron chi connectivity index (χ0n) is 7.24. The number of nitrogens with one attached hydrogen (secondary N) is 1. The number of rotatable bonds is 2. The van der Waals surface area contributed by atoms with Crippen LogP contribution in [0.2, 0.25) is 5.02 Å². The second-order valence-corrected chi connectivity index (χ2v) is 3.55. The SMILES string of the molecule is O=[N+]([O-])c1cc(Cl)cnc1[C@@H]1CCN1. The lowest BCUT2D eigenvalue weighted by Crippen LogP contribution is -2.36. The lowest BCUT2D eigenvalue weighted by molar-refractivity contribution is -0.386. The maximum atomic E-state index is 10.7. The molecule has 6 heteroatoms. The Labute approximate surface area is 85.2 Å². The molecular weight excluding hydrogens is 206 g/mol. The molecule has 2 rings (SSSR count). The maximum Gasteiger partial charge on any atom is 0.293 e. The molecular formula is C8H8ClN3O2. The highest BCUT2D eigenvalue weighted by Gasteiger charge is 2.28. The van der Waals surface area contributed by atoms with Gasteiger partial charge in [0.05, 0.1) is 16.0 Å². The molecule has 1 saturated heterocycles. The van der Waals surface area contributed by atoms with Crippen molar-refractivity contribution in [2.45, 2.75) is 12.5 Å². The van der Waals surface area contributed by atoms with Crippen molar-refractivity contribution in [3.05, 3.63) is 33.1 Å². The predicted molar refractivity (Wildman–Crippen MR) is 51.3 cm³/mol. The van der Waals surface area contributed by atoms with E-state index in [1.54, 1.807) is 0 Å². The van der Waals surface area contributed by atoms with E-state index >= 15 is 0 Å². The van der Waals surface area contributed by atoms with Gasteiger partial charge in [0, 0.05) is 12.3 Å². The summed E-state index contributed by atoms with van der Waals surface area (Å²) in [5.74, 6) is 0. The standard InChI is InChI=1S/C8H8ClN3O2/c9-5-3-7(12(13)14)8(11-4-5)6-1-2-10-6/h3-4,6,10H,1-2H2/t6-/m0/s1. The van der Waals surface area contributed by atoms with Crippen molar-refractivity contribution in [2.24, 2.45) is 0 Å². The summed E-state index contributed by atoms with van der Waals surface area (Å²) in [6, 6.07) is 1.34. The number of halogens is 1. The molecule has 1 aromatic heterocycles. The summed E-state index contributed by atoms with van der Waals surface area (Å²) in [5, 5.41) is 14.1. The van der Waals surface area contributed by atoms with Gasteiger partial charge >= 0.3 is 0 Å². The number of nitro groups is 1. The van der Waals surface area contributed by atoms with Crippen molar-refractivity contribution in [3.8, 4) is 0 Å². The minimum Gasteiger partial charge on any atom is -0.308 e. The normalized spacial score (nSPS) is 20.2. The summed E-state index contributed by atoms with van der Waals surface area (Å²) in [7, 11) is 0. The van der Waals surface area contributed by atoms with Gasteiger partial charge in [0.15, 0.2) is 0 Å². The second-order valence-electron chi connectivity index (χ2n) is 3.11. The van der Waals surface area contributed by atoms with Gasteiger partial charge in [-0.3, -0.25) is 15.1 Å². The summed E-state index contributed by atoms with van der Waals surface area (Å²) < 4.78 is 0. The molecule has 1 aromatic rings. The Hall–Kier alpha value is -1.20. The van der Waals surface area contributed by atoms with Gasteiger partial charge in [-0.1, -0.05) is 11.6 Å². The zero-order chi connectivity index (χ0) is 10.1. The Bertz CT molecular complexity index is 379. The van der Waals surface area contributed by atoms with E-state index in [0.29, 0.717) is 10.7 Å². The monoisotopic (exact) mass is 213 g/mol. The van der Waals surface area contributed by atoms with Crippen LogP contribution in [-0.2, 0) is 0 Å². The van der Waals surface area contributed by atoms with Crippen LogP contribution in [0.1, 0.15) is 18.2 Å². The lowest BCUT2D eigenvalue weighted by Gasteiger charge is -2.26. The quantitative estimate of drug-likeness (QED) is 0.600. The molecule has 1 aliphatic heterocycles. The third-order valence-electron chi connectivity index (χ3n) is 2.21. The minimum absolute atomic E-state index is 0.00491. The Morgan fingerprint density at radius 1 is 1.71 bits per heavy atom. The first-order valence-corrected chi connectivity index (χ1v) is 4.59. The highest BCUT2D eigenvalue weighted by Crippen LogP contribution is 2.30. The highest BCUT2D eigenvalue weighted by molar-refractivity contribution is 6.30. The van der Waals surface area contributed by atoms with Crippen LogP contribution < -0.4 is 5.32 Å². The molecule has 0 radical (unpaired) electrons. The number of aromatic nitrogens is 1. The Kier molecular flexibility index (Phi) is 2.35. The second kappa shape index (κ2) is 3.51. The van der Waals surface area contributed by atoms with Crippen LogP contribution in [-0.4, -0.2) is 16.5 Å². The fraction of sp³-hybridized carbons (Fsp3) is 0.375. The van der Waals surface area contributed by atoms with E-state index in [9.17, 15) is 10.1 Å². The molecule has 0 bridgehead atoms. The largest absolute Gasteiger partial charge is 0.308 e. The van der Waals surface area contributed by atoms with Crippen LogP contribution in [0.5, 0.6) is 0 Å². The number of nitrogens with zero attached hydrogens (tertiary/aromatic N) is 2. The van der Waals surface area contributed by atoms with Crippen LogP contribution >= 0.6 is 11.6 Å². The van der Waals surface area contributed by atoms with Gasteiger partial charge < -0.3 is 5.32 Å². The molecule has 0 saturated carbocycles. The van der Waals surface area contributed by atoms with Crippen LogP contribution in [0.4, 0.5) is 5.69 Å². The van der Waals surface area contributed by atoms with E-state index in [1.165, 1.54) is 12.3 Å². The van der Waals surface area contributed by atoms with Crippen LogP contribution in [0.25, 0.3) is 0 Å². The van der Waals surface area contributed by atoms with Crippen molar-refractivity contribution in [1.29, 1.82) is 0 Å². The first-order chi connectivity index (χ1) is 6.68. The molecule has 1 N–H and O–H groups in total. The van der Waals surface area contributed by atoms with Crippen molar-refractivity contribution >= 4 is 17.3 Å². The molecule has 0 spiro atoms. The van der Waals surface area contributed by atoms with Crippen molar-refractivity contribution in [1.82, 2.24) is 10.3 Å². The molecule has 14 heavy (non-hydrogen) atoms. The first-order valence-electron chi connectivity index (χ1n) is 4.21. The number of pyridine rings is 1. The van der Waals surface area contributed by atoms with E-state index < -0.39 is 4.92 Å². The average molecular weight is 214 g/mol. The third-order valence-corrected chi connectivity index (χ3v) is 2.42. The topological polar surface area (TPSA) is 68.1 Å². The van der Waals surface area contributed by atoms with Gasteiger partial charge in [0.25, 0.3) is 5.69 Å². The van der Waals surface area contributed by atoms with E-state index in [0.717, 1.165) is 13.0 Å². The maximum absolute atomic E-state index is 10.7. The Morgan fingerprint density at radius 2 is 2.43 bits per heavy atom. The number of hydrogen-bond donors (Lipinski definition) is 1. The zero-order valence-corrected chi connectivity index (χ0v) is 7.99. The molecule has 0 aromatic carbocycles. The van der Waals surface area contributed by atoms with Crippen molar-refractivity contribution in [3.63, 3.8) is 0 Å². The first kappa shape index (κ1) is 9.36. The summed E-state index contributed by atoms with van der Waals surface area (Å²) in [5.41, 5.74) is 0.473. The Morgan fingerprint density at radius 3 is 2.93 bits per heavy atom. The van der Waals surface area contributed by atoms with Gasteiger partial charge in [-0.15, -0.1) is 0 Å². The average Bonchev–Trinajstić information content (AvgIpc) is 2.04. The summed E-state index contributed by atoms with van der Waals surface area (Å²) in [4.78, 5) is 14.2. The van der Waals surface area contributed by atoms with Gasteiger partial charge in [-0.05, 0) is 13.0 Å². The smallest absolute Gasteiger partial charge is 0.293 e. The summed E-state index contributed by atoms with van der Waals surface area (Å²) >= 11 is 5.64. The van der Waals surface area contributed by atoms with Crippen molar-refractivity contribution < 1.29 is 4.92 Å². The molecule has 1 fully saturated rings. The molecule has 1 atom stereocenters. The number of hydrogen-bond acceptors (Lipinski definition) is 4. The van der Waals surface area contributed by atoms with E-state index in [-0.39, 0.29) is 11.7 Å². The molecule has 74 valence electrons. The van der Waals surface area contributed by atoms with E-state index in [4.69, 9.17) is 11.6 Å².